The van der Waals surface area contributed by atoms with Crippen LogP contribution in [0.3, 0.4) is 0 Å². The predicted molar refractivity (Wildman–Crippen MR) is 127 cm³/mol. The normalized spacial score (nSPS) is 12.7. The zero-order valence-corrected chi connectivity index (χ0v) is 20.3. The van der Waals surface area contributed by atoms with Crippen LogP contribution in [-0.4, -0.2) is 17.9 Å². The van der Waals surface area contributed by atoms with E-state index in [9.17, 15) is 0 Å². The van der Waals surface area contributed by atoms with Gasteiger partial charge in [0.2, 0.25) is 8.32 Å². The van der Waals surface area contributed by atoms with Gasteiger partial charge in [0.1, 0.15) is 0 Å². The second-order valence-electron chi connectivity index (χ2n) is 9.28. The third-order valence-electron chi connectivity index (χ3n) is 6.59. The lowest BCUT2D eigenvalue weighted by molar-refractivity contribution is 0.265. The van der Waals surface area contributed by atoms with Crippen LogP contribution in [0.4, 0.5) is 0 Å². The maximum atomic E-state index is 6.82. The molecule has 2 aromatic carbocycles. The van der Waals surface area contributed by atoms with Crippen molar-refractivity contribution in [2.45, 2.75) is 71.7 Å². The molecule has 1 heterocycles. The van der Waals surface area contributed by atoms with Crippen LogP contribution in [0.2, 0.25) is 16.6 Å². The number of nitrogens with zero attached hydrogens (tertiary/aromatic N) is 2. The molecular formula is C25H36N2OSi. The van der Waals surface area contributed by atoms with E-state index >= 15 is 0 Å². The van der Waals surface area contributed by atoms with Gasteiger partial charge in [0.05, 0.1) is 24.0 Å². The van der Waals surface area contributed by atoms with Crippen LogP contribution in [0.5, 0.6) is 0 Å². The SMILES string of the molecule is Cc1cc(-c2cccc3c2ncn3C)ccc1CO[Si](C(C)C)(C(C)C)C(C)C. The minimum atomic E-state index is -1.86. The molecule has 0 amide bonds. The molecule has 0 N–H and O–H groups in total. The number of aryl methyl sites for hydroxylation is 2. The largest absolute Gasteiger partial charge is 0.412 e. The van der Waals surface area contributed by atoms with Gasteiger partial charge in [-0.05, 0) is 46.3 Å². The molecule has 0 aliphatic rings. The Morgan fingerprint density at radius 3 is 2.21 bits per heavy atom. The van der Waals surface area contributed by atoms with Gasteiger partial charge >= 0.3 is 0 Å². The predicted octanol–water partition coefficient (Wildman–Crippen LogP) is 7.24. The van der Waals surface area contributed by atoms with E-state index < -0.39 is 8.32 Å². The van der Waals surface area contributed by atoms with Gasteiger partial charge in [-0.2, -0.15) is 0 Å². The first-order valence-corrected chi connectivity index (χ1v) is 13.0. The summed E-state index contributed by atoms with van der Waals surface area (Å²) in [6, 6.07) is 13.1. The minimum Gasteiger partial charge on any atom is -0.412 e. The molecule has 0 radical (unpaired) electrons. The molecule has 3 nitrogen and oxygen atoms in total. The number of aromatic nitrogens is 2. The molecule has 3 rings (SSSR count). The Bertz CT molecular complexity index is 966. The van der Waals surface area contributed by atoms with Crippen molar-refractivity contribution in [1.82, 2.24) is 9.55 Å². The molecule has 4 heteroatoms. The van der Waals surface area contributed by atoms with Crippen LogP contribution >= 0.6 is 0 Å². The summed E-state index contributed by atoms with van der Waals surface area (Å²) in [6.45, 7) is 17.0. The van der Waals surface area contributed by atoms with Gasteiger partial charge in [0.25, 0.3) is 0 Å². The van der Waals surface area contributed by atoms with Crippen LogP contribution in [0, 0.1) is 6.92 Å². The van der Waals surface area contributed by atoms with Crippen molar-refractivity contribution in [3.05, 3.63) is 53.9 Å². The fourth-order valence-electron chi connectivity index (χ4n) is 5.12. The second-order valence-corrected chi connectivity index (χ2v) is 14.7. The van der Waals surface area contributed by atoms with Gasteiger partial charge in [0, 0.05) is 12.6 Å². The molecule has 29 heavy (non-hydrogen) atoms. The lowest BCUT2D eigenvalue weighted by Crippen LogP contribution is -2.47. The molecular weight excluding hydrogens is 372 g/mol. The highest BCUT2D eigenvalue weighted by atomic mass is 28.4. The molecule has 156 valence electrons. The summed E-state index contributed by atoms with van der Waals surface area (Å²) in [5.74, 6) is 0. The Kier molecular flexibility index (Phi) is 6.35. The van der Waals surface area contributed by atoms with Crippen LogP contribution in [0.1, 0.15) is 52.7 Å². The van der Waals surface area contributed by atoms with Crippen molar-refractivity contribution in [1.29, 1.82) is 0 Å². The molecule has 1 aromatic heterocycles. The number of imidazole rings is 1. The van der Waals surface area contributed by atoms with Crippen molar-refractivity contribution in [2.24, 2.45) is 7.05 Å². The first-order valence-electron chi connectivity index (χ1n) is 10.8. The first-order chi connectivity index (χ1) is 13.7. The van der Waals surface area contributed by atoms with Crippen molar-refractivity contribution in [2.75, 3.05) is 0 Å². The highest BCUT2D eigenvalue weighted by molar-refractivity contribution is 6.77. The second kappa shape index (κ2) is 8.45. The molecule has 0 bridgehead atoms. The number of hydrogen-bond acceptors (Lipinski definition) is 2. The van der Waals surface area contributed by atoms with Gasteiger partial charge in [-0.1, -0.05) is 71.9 Å². The quantitative estimate of drug-likeness (QED) is 0.385. The van der Waals surface area contributed by atoms with Gasteiger partial charge in [-0.15, -0.1) is 0 Å². The molecule has 0 aliphatic heterocycles. The molecule has 0 fully saturated rings. The molecule has 0 aliphatic carbocycles. The van der Waals surface area contributed by atoms with Crippen LogP contribution < -0.4 is 0 Å². The number of benzene rings is 2. The van der Waals surface area contributed by atoms with Crippen LogP contribution in [0.25, 0.3) is 22.2 Å². The fourth-order valence-corrected chi connectivity index (χ4v) is 10.5. The summed E-state index contributed by atoms with van der Waals surface area (Å²) in [5.41, 5.74) is 9.01. The Morgan fingerprint density at radius 2 is 1.62 bits per heavy atom. The summed E-state index contributed by atoms with van der Waals surface area (Å²) in [6.07, 6.45) is 1.89. The van der Waals surface area contributed by atoms with E-state index in [0.29, 0.717) is 23.2 Å². The third-order valence-corrected chi connectivity index (χ3v) is 12.7. The summed E-state index contributed by atoms with van der Waals surface area (Å²) in [4.78, 5) is 4.62. The molecule has 0 unspecified atom stereocenters. The van der Waals surface area contributed by atoms with Crippen molar-refractivity contribution >= 4 is 19.4 Å². The summed E-state index contributed by atoms with van der Waals surface area (Å²) in [7, 11) is 0.184. The van der Waals surface area contributed by atoms with Gasteiger partial charge < -0.3 is 8.99 Å². The molecule has 0 saturated heterocycles. The zero-order chi connectivity index (χ0) is 21.3. The minimum absolute atomic E-state index is 0.601. The van der Waals surface area contributed by atoms with E-state index in [1.165, 1.54) is 22.3 Å². The smallest absolute Gasteiger partial charge is 0.200 e. The van der Waals surface area contributed by atoms with E-state index in [1.807, 2.05) is 13.4 Å². The van der Waals surface area contributed by atoms with Crippen molar-refractivity contribution in [3.8, 4) is 11.1 Å². The Labute approximate surface area is 177 Å². The molecule has 3 aromatic rings. The summed E-state index contributed by atoms with van der Waals surface area (Å²) in [5, 5.41) is 0. The Hall–Kier alpha value is -1.91. The number of hydrogen-bond donors (Lipinski definition) is 0. The number of para-hydroxylation sites is 1. The van der Waals surface area contributed by atoms with Crippen LogP contribution in [-0.2, 0) is 18.1 Å². The van der Waals surface area contributed by atoms with Gasteiger partial charge in [0.15, 0.2) is 0 Å². The maximum Gasteiger partial charge on any atom is 0.200 e. The Morgan fingerprint density at radius 1 is 0.966 bits per heavy atom. The topological polar surface area (TPSA) is 27.1 Å². The lowest BCUT2D eigenvalue weighted by Gasteiger charge is -2.42. The fraction of sp³-hybridized carbons (Fsp3) is 0.480. The van der Waals surface area contributed by atoms with Gasteiger partial charge in [-0.3, -0.25) is 0 Å². The molecule has 0 saturated carbocycles. The third kappa shape index (κ3) is 3.93. The average molecular weight is 409 g/mol. The van der Waals surface area contributed by atoms with Crippen molar-refractivity contribution in [3.63, 3.8) is 0 Å². The van der Waals surface area contributed by atoms with E-state index in [2.05, 4.69) is 94.4 Å². The van der Waals surface area contributed by atoms with E-state index in [-0.39, 0.29) is 0 Å². The molecule has 0 atom stereocenters. The lowest BCUT2D eigenvalue weighted by atomic mass is 9.99. The van der Waals surface area contributed by atoms with E-state index in [0.717, 1.165) is 11.0 Å². The summed E-state index contributed by atoms with van der Waals surface area (Å²) < 4.78 is 8.89. The van der Waals surface area contributed by atoms with Crippen LogP contribution in [0.15, 0.2) is 42.7 Å². The number of fused-ring (bicyclic) bond motifs is 1. The highest BCUT2D eigenvalue weighted by Gasteiger charge is 2.45. The maximum absolute atomic E-state index is 6.82. The van der Waals surface area contributed by atoms with E-state index in [4.69, 9.17) is 4.43 Å². The first kappa shape index (κ1) is 21.8. The average Bonchev–Trinajstić information content (AvgIpc) is 3.03. The van der Waals surface area contributed by atoms with E-state index in [1.54, 1.807) is 0 Å². The van der Waals surface area contributed by atoms with Crippen molar-refractivity contribution < 1.29 is 4.43 Å². The number of rotatable bonds is 7. The standard InChI is InChI=1S/C25H36N2OSi/c1-17(2)29(18(3)4,19(5)6)28-15-22-13-12-21(14-20(22)7)23-10-9-11-24-25(23)26-16-27(24)8/h9-14,16-19H,15H2,1-8H3. The summed E-state index contributed by atoms with van der Waals surface area (Å²) >= 11 is 0. The Balaban J connectivity index is 1.90. The monoisotopic (exact) mass is 408 g/mol. The van der Waals surface area contributed by atoms with Gasteiger partial charge in [-0.25, -0.2) is 4.98 Å². The zero-order valence-electron chi connectivity index (χ0n) is 19.3. The molecule has 0 spiro atoms. The highest BCUT2D eigenvalue weighted by Crippen LogP contribution is 2.43.